The van der Waals surface area contributed by atoms with Crippen molar-refractivity contribution in [1.29, 1.82) is 0 Å². The van der Waals surface area contributed by atoms with Gasteiger partial charge in [-0.15, -0.1) is 0 Å². The fourth-order valence-corrected chi connectivity index (χ4v) is 4.99. The van der Waals surface area contributed by atoms with E-state index < -0.39 is 14.6 Å². The second-order valence-electron chi connectivity index (χ2n) is 5.32. The molecule has 0 saturated heterocycles. The van der Waals surface area contributed by atoms with Crippen molar-refractivity contribution in [3.05, 3.63) is 73.0 Å². The Morgan fingerprint density at radius 2 is 1.85 bits per heavy atom. The Morgan fingerprint density at radius 3 is 2.54 bits per heavy atom. The largest absolute Gasteiger partial charge is 0.497 e. The molecule has 0 aliphatic rings. The van der Waals surface area contributed by atoms with Gasteiger partial charge in [0.2, 0.25) is 9.84 Å². The lowest BCUT2D eigenvalue weighted by atomic mass is 10.2. The summed E-state index contributed by atoms with van der Waals surface area (Å²) in [5.41, 5.74) is 0.487. The summed E-state index contributed by atoms with van der Waals surface area (Å²) in [5.74, 6) is 0.598. The van der Waals surface area contributed by atoms with Crippen LogP contribution < -0.4 is 9.48 Å². The number of ether oxygens (including phenoxy) is 1. The van der Waals surface area contributed by atoms with Crippen molar-refractivity contribution < 1.29 is 13.2 Å². The minimum absolute atomic E-state index is 0.276. The van der Waals surface area contributed by atoms with E-state index in [2.05, 4.69) is 0 Å². The second kappa shape index (κ2) is 7.40. The molecular formula is C18H12Cl2O4S2. The third-order valence-corrected chi connectivity index (χ3v) is 6.69. The predicted molar refractivity (Wildman–Crippen MR) is 107 cm³/mol. The third-order valence-electron chi connectivity index (χ3n) is 3.61. The van der Waals surface area contributed by atoms with Crippen molar-refractivity contribution in [1.82, 2.24) is 0 Å². The molecule has 0 N–H and O–H groups in total. The fraction of sp³-hybridized carbons (Fsp3) is 0.0556. The van der Waals surface area contributed by atoms with Crippen LogP contribution in [-0.2, 0) is 9.84 Å². The Bertz CT molecular complexity index is 1180. The standard InChI is InChI=1S/C18H12Cl2O4S2/c1-24-14-5-3-12-8-17(18(21)25-16(12)10-14)26(22,23)7-6-11-2-4-13(19)9-15(11)20/h2-10H,1H3/b7-6-. The monoisotopic (exact) mass is 426 g/mol. The Hall–Kier alpha value is -1.86. The lowest BCUT2D eigenvalue weighted by molar-refractivity contribution is 0.415. The van der Waals surface area contributed by atoms with E-state index in [4.69, 9.17) is 27.9 Å². The molecule has 1 aromatic heterocycles. The van der Waals surface area contributed by atoms with E-state index in [1.54, 1.807) is 30.3 Å². The fourth-order valence-electron chi connectivity index (χ4n) is 2.27. The molecule has 4 nitrogen and oxygen atoms in total. The van der Waals surface area contributed by atoms with E-state index in [0.717, 1.165) is 16.7 Å². The lowest BCUT2D eigenvalue weighted by Gasteiger charge is -2.04. The Labute approximate surface area is 164 Å². The SMILES string of the molecule is COc1ccc2cc(S(=O)(=O)/C=C\c3ccc(Cl)cc3Cl)c(=O)sc2c1. The number of sulfone groups is 1. The highest BCUT2D eigenvalue weighted by atomic mass is 35.5. The summed E-state index contributed by atoms with van der Waals surface area (Å²) in [7, 11) is -2.41. The zero-order valence-corrected chi connectivity index (χ0v) is 16.5. The molecule has 0 unspecified atom stereocenters. The lowest BCUT2D eigenvalue weighted by Crippen LogP contribution is -2.09. The van der Waals surface area contributed by atoms with Gasteiger partial charge < -0.3 is 4.74 Å². The van der Waals surface area contributed by atoms with Gasteiger partial charge in [-0.3, -0.25) is 4.79 Å². The Kier molecular flexibility index (Phi) is 5.39. The van der Waals surface area contributed by atoms with Gasteiger partial charge >= 0.3 is 0 Å². The zero-order valence-electron chi connectivity index (χ0n) is 13.4. The van der Waals surface area contributed by atoms with E-state index in [0.29, 0.717) is 31.4 Å². The molecular weight excluding hydrogens is 415 g/mol. The maximum absolute atomic E-state index is 12.6. The molecule has 0 aliphatic carbocycles. The third kappa shape index (κ3) is 3.94. The topological polar surface area (TPSA) is 60.4 Å². The molecule has 26 heavy (non-hydrogen) atoms. The summed E-state index contributed by atoms with van der Waals surface area (Å²) in [6.07, 6.45) is 1.34. The number of hydrogen-bond donors (Lipinski definition) is 0. The molecule has 134 valence electrons. The highest BCUT2D eigenvalue weighted by molar-refractivity contribution is 7.94. The van der Waals surface area contributed by atoms with Crippen molar-refractivity contribution in [2.75, 3.05) is 7.11 Å². The zero-order chi connectivity index (χ0) is 18.9. The van der Waals surface area contributed by atoms with Crippen molar-refractivity contribution in [3.63, 3.8) is 0 Å². The molecule has 0 aliphatic heterocycles. The van der Waals surface area contributed by atoms with Crippen molar-refractivity contribution in [2.24, 2.45) is 0 Å². The average molecular weight is 427 g/mol. The predicted octanol–water partition coefficient (Wildman–Crippen LogP) is 5.02. The molecule has 0 fully saturated rings. The highest BCUT2D eigenvalue weighted by Gasteiger charge is 2.17. The van der Waals surface area contributed by atoms with E-state index in [-0.39, 0.29) is 4.90 Å². The summed E-state index contributed by atoms with van der Waals surface area (Å²) in [5, 5.41) is 2.39. The van der Waals surface area contributed by atoms with Gasteiger partial charge in [0, 0.05) is 20.2 Å². The maximum atomic E-state index is 12.6. The number of methoxy groups -OCH3 is 1. The summed E-state index contributed by atoms with van der Waals surface area (Å²) in [6, 6.07) is 11.2. The first kappa shape index (κ1) is 18.9. The molecule has 3 aromatic rings. The Morgan fingerprint density at radius 1 is 1.08 bits per heavy atom. The summed E-state index contributed by atoms with van der Waals surface area (Å²) in [4.78, 5) is 12.0. The molecule has 2 aromatic carbocycles. The van der Waals surface area contributed by atoms with E-state index in [1.165, 1.54) is 25.3 Å². The normalized spacial score (nSPS) is 12.0. The van der Waals surface area contributed by atoms with Crippen LogP contribution in [0.2, 0.25) is 10.0 Å². The van der Waals surface area contributed by atoms with Gasteiger partial charge in [-0.25, -0.2) is 8.42 Å². The van der Waals surface area contributed by atoms with E-state index in [9.17, 15) is 13.2 Å². The van der Waals surface area contributed by atoms with Crippen molar-refractivity contribution in [3.8, 4) is 5.75 Å². The highest BCUT2D eigenvalue weighted by Crippen LogP contribution is 2.26. The molecule has 0 atom stereocenters. The minimum atomic E-state index is -3.93. The molecule has 8 heteroatoms. The molecule has 0 saturated carbocycles. The van der Waals surface area contributed by atoms with Gasteiger partial charge in [0.05, 0.1) is 7.11 Å². The van der Waals surface area contributed by atoms with E-state index in [1.807, 2.05) is 0 Å². The first-order chi connectivity index (χ1) is 12.3. The average Bonchev–Trinajstić information content (AvgIpc) is 2.59. The number of benzene rings is 2. The molecule has 1 heterocycles. The quantitative estimate of drug-likeness (QED) is 0.587. The summed E-state index contributed by atoms with van der Waals surface area (Å²) >= 11 is 12.7. The molecule has 0 amide bonds. The minimum Gasteiger partial charge on any atom is -0.497 e. The van der Waals surface area contributed by atoms with Gasteiger partial charge in [0.25, 0.3) is 4.74 Å². The number of hydrogen-bond acceptors (Lipinski definition) is 5. The van der Waals surface area contributed by atoms with Crippen LogP contribution >= 0.6 is 34.5 Å². The smallest absolute Gasteiger partial charge is 0.251 e. The van der Waals surface area contributed by atoms with E-state index >= 15 is 0 Å². The molecule has 0 spiro atoms. The van der Waals surface area contributed by atoms with Gasteiger partial charge in [-0.2, -0.15) is 0 Å². The number of fused-ring (bicyclic) bond motifs is 1. The van der Waals surface area contributed by atoms with Gasteiger partial charge in [0.15, 0.2) is 0 Å². The van der Waals surface area contributed by atoms with Crippen LogP contribution in [0.3, 0.4) is 0 Å². The van der Waals surface area contributed by atoms with Crippen molar-refractivity contribution >= 4 is 60.5 Å². The second-order valence-corrected chi connectivity index (χ2v) is 8.98. The first-order valence-electron chi connectivity index (χ1n) is 7.30. The summed E-state index contributed by atoms with van der Waals surface area (Å²) < 4.78 is 30.4. The van der Waals surface area contributed by atoms with Crippen LogP contribution in [0.4, 0.5) is 0 Å². The van der Waals surface area contributed by atoms with Crippen LogP contribution in [0, 0.1) is 0 Å². The van der Waals surface area contributed by atoms with Crippen LogP contribution in [0.25, 0.3) is 16.2 Å². The molecule has 0 bridgehead atoms. The number of rotatable bonds is 4. The van der Waals surface area contributed by atoms with Crippen molar-refractivity contribution in [2.45, 2.75) is 4.90 Å². The van der Waals surface area contributed by atoms with Crippen LogP contribution in [0.15, 0.2) is 57.6 Å². The van der Waals surface area contributed by atoms with Crippen LogP contribution in [0.5, 0.6) is 5.75 Å². The molecule has 3 rings (SSSR count). The Balaban J connectivity index is 2.05. The van der Waals surface area contributed by atoms with Crippen LogP contribution in [0.1, 0.15) is 5.56 Å². The van der Waals surface area contributed by atoms with Gasteiger partial charge in [0.1, 0.15) is 10.6 Å². The van der Waals surface area contributed by atoms with Gasteiger partial charge in [-0.05, 0) is 53.4 Å². The first-order valence-corrected chi connectivity index (χ1v) is 10.4. The number of halogens is 2. The molecule has 0 radical (unpaired) electrons. The maximum Gasteiger partial charge on any atom is 0.251 e. The van der Waals surface area contributed by atoms with Gasteiger partial charge in [-0.1, -0.05) is 40.6 Å². The van der Waals surface area contributed by atoms with Crippen LogP contribution in [-0.4, -0.2) is 15.5 Å². The summed E-state index contributed by atoms with van der Waals surface area (Å²) in [6.45, 7) is 0.